The highest BCUT2D eigenvalue weighted by atomic mass is 16.5. The van der Waals surface area contributed by atoms with Crippen LogP contribution in [-0.2, 0) is 4.74 Å². The number of hydrogen-bond donors (Lipinski definition) is 1. The molecule has 0 amide bonds. The van der Waals surface area contributed by atoms with E-state index >= 15 is 0 Å². The second-order valence-electron chi connectivity index (χ2n) is 1.59. The SMILES string of the molecule is ON=C1C[C]OCC1. The van der Waals surface area contributed by atoms with Crippen LogP contribution in [0.2, 0.25) is 0 Å². The summed E-state index contributed by atoms with van der Waals surface area (Å²) in [5.41, 5.74) is 0.747. The minimum absolute atomic E-state index is 0.538. The maximum Gasteiger partial charge on any atom is 0.138 e. The Bertz CT molecular complexity index is 92.6. The molecule has 1 heterocycles. The normalized spacial score (nSPS) is 26.2. The van der Waals surface area contributed by atoms with Gasteiger partial charge in [0.25, 0.3) is 0 Å². The summed E-state index contributed by atoms with van der Waals surface area (Å²) in [7, 11) is 0. The fourth-order valence-electron chi connectivity index (χ4n) is 0.549. The number of rotatable bonds is 0. The molecular formula is C5H7NO2. The molecule has 2 radical (unpaired) electrons. The number of ether oxygens (including phenoxy) is 1. The summed E-state index contributed by atoms with van der Waals surface area (Å²) >= 11 is 0. The monoisotopic (exact) mass is 113 g/mol. The van der Waals surface area contributed by atoms with Crippen LogP contribution in [0, 0.1) is 6.61 Å². The molecule has 1 fully saturated rings. The molecule has 1 aliphatic heterocycles. The Morgan fingerprint density at radius 2 is 2.62 bits per heavy atom. The van der Waals surface area contributed by atoms with Crippen molar-refractivity contribution in [2.75, 3.05) is 6.61 Å². The van der Waals surface area contributed by atoms with Crippen molar-refractivity contribution < 1.29 is 9.94 Å². The van der Waals surface area contributed by atoms with Gasteiger partial charge in [0.05, 0.1) is 12.3 Å². The summed E-state index contributed by atoms with van der Waals surface area (Å²) in [6.45, 7) is 3.19. The van der Waals surface area contributed by atoms with Crippen LogP contribution in [0.25, 0.3) is 0 Å². The van der Waals surface area contributed by atoms with Crippen LogP contribution in [0.4, 0.5) is 0 Å². The first-order chi connectivity index (χ1) is 3.93. The van der Waals surface area contributed by atoms with E-state index in [1.165, 1.54) is 0 Å². The van der Waals surface area contributed by atoms with Crippen molar-refractivity contribution in [3.05, 3.63) is 6.61 Å². The molecule has 1 saturated heterocycles. The van der Waals surface area contributed by atoms with Crippen LogP contribution >= 0.6 is 0 Å². The predicted octanol–water partition coefficient (Wildman–Crippen LogP) is 0.666. The summed E-state index contributed by atoms with van der Waals surface area (Å²) in [4.78, 5) is 0. The van der Waals surface area contributed by atoms with Gasteiger partial charge in [-0.2, -0.15) is 0 Å². The third-order valence-corrected chi connectivity index (χ3v) is 1.01. The van der Waals surface area contributed by atoms with Gasteiger partial charge in [-0.15, -0.1) is 0 Å². The highest BCUT2D eigenvalue weighted by Crippen LogP contribution is 2.04. The van der Waals surface area contributed by atoms with Crippen molar-refractivity contribution in [1.82, 2.24) is 0 Å². The molecule has 0 atom stereocenters. The fraction of sp³-hybridized carbons (Fsp3) is 0.600. The largest absolute Gasteiger partial charge is 0.411 e. The molecule has 0 aromatic carbocycles. The third kappa shape index (κ3) is 1.20. The lowest BCUT2D eigenvalue weighted by Crippen LogP contribution is -2.10. The maximum atomic E-state index is 8.18. The van der Waals surface area contributed by atoms with Crippen LogP contribution < -0.4 is 0 Å². The molecular weight excluding hydrogens is 106 g/mol. The van der Waals surface area contributed by atoms with E-state index in [0.29, 0.717) is 13.0 Å². The minimum atomic E-state index is 0.538. The van der Waals surface area contributed by atoms with Gasteiger partial charge in [0.2, 0.25) is 0 Å². The van der Waals surface area contributed by atoms with Gasteiger partial charge >= 0.3 is 0 Å². The first-order valence-electron chi connectivity index (χ1n) is 2.48. The number of nitrogens with zero attached hydrogens (tertiary/aromatic N) is 1. The van der Waals surface area contributed by atoms with E-state index in [2.05, 4.69) is 11.8 Å². The predicted molar refractivity (Wildman–Crippen MR) is 27.7 cm³/mol. The van der Waals surface area contributed by atoms with Crippen molar-refractivity contribution in [1.29, 1.82) is 0 Å². The van der Waals surface area contributed by atoms with Crippen LogP contribution in [0.3, 0.4) is 0 Å². The van der Waals surface area contributed by atoms with Crippen molar-refractivity contribution in [2.45, 2.75) is 12.8 Å². The third-order valence-electron chi connectivity index (χ3n) is 1.01. The van der Waals surface area contributed by atoms with E-state index in [0.717, 1.165) is 12.1 Å². The molecule has 44 valence electrons. The highest BCUT2D eigenvalue weighted by molar-refractivity contribution is 5.85. The van der Waals surface area contributed by atoms with Gasteiger partial charge in [-0.1, -0.05) is 5.16 Å². The first-order valence-corrected chi connectivity index (χ1v) is 2.48. The standard InChI is InChI=1S/C5H7NO2/c7-6-5-1-3-8-4-2-5/h7H,1-3H2. The topological polar surface area (TPSA) is 41.8 Å². The second-order valence-corrected chi connectivity index (χ2v) is 1.59. The zero-order valence-electron chi connectivity index (χ0n) is 4.42. The Morgan fingerprint density at radius 3 is 3.00 bits per heavy atom. The molecule has 1 rings (SSSR count). The van der Waals surface area contributed by atoms with Crippen LogP contribution in [0.5, 0.6) is 0 Å². The van der Waals surface area contributed by atoms with Gasteiger partial charge in [0.1, 0.15) is 6.61 Å². The van der Waals surface area contributed by atoms with Crippen molar-refractivity contribution in [3.8, 4) is 0 Å². The molecule has 3 nitrogen and oxygen atoms in total. The summed E-state index contributed by atoms with van der Waals surface area (Å²) < 4.78 is 4.76. The molecule has 0 saturated carbocycles. The van der Waals surface area contributed by atoms with Gasteiger partial charge in [-0.3, -0.25) is 0 Å². The molecule has 1 aliphatic rings. The molecule has 3 heteroatoms. The molecule has 8 heavy (non-hydrogen) atoms. The minimum Gasteiger partial charge on any atom is -0.411 e. The number of hydrogen-bond acceptors (Lipinski definition) is 3. The Balaban J connectivity index is 2.33. The lowest BCUT2D eigenvalue weighted by Gasteiger charge is -2.08. The van der Waals surface area contributed by atoms with Gasteiger partial charge in [0.15, 0.2) is 0 Å². The van der Waals surface area contributed by atoms with E-state index in [1.807, 2.05) is 0 Å². The van der Waals surface area contributed by atoms with Gasteiger partial charge in [0, 0.05) is 12.8 Å². The Hall–Kier alpha value is -0.570. The van der Waals surface area contributed by atoms with E-state index in [9.17, 15) is 0 Å². The molecule has 0 aromatic rings. The molecule has 0 unspecified atom stereocenters. The van der Waals surface area contributed by atoms with E-state index in [1.54, 1.807) is 0 Å². The molecule has 1 N–H and O–H groups in total. The number of oxime groups is 1. The molecule has 0 aromatic heterocycles. The second kappa shape index (κ2) is 2.67. The average Bonchev–Trinajstić information content (AvgIpc) is 1.90. The average molecular weight is 113 g/mol. The van der Waals surface area contributed by atoms with E-state index in [-0.39, 0.29) is 0 Å². The smallest absolute Gasteiger partial charge is 0.138 e. The van der Waals surface area contributed by atoms with E-state index < -0.39 is 0 Å². The van der Waals surface area contributed by atoms with Crippen LogP contribution in [0.1, 0.15) is 12.8 Å². The Kier molecular flexibility index (Phi) is 1.86. The summed E-state index contributed by atoms with van der Waals surface area (Å²) in [6, 6.07) is 0. The highest BCUT2D eigenvalue weighted by Gasteiger charge is 2.07. The quantitative estimate of drug-likeness (QED) is 0.370. The van der Waals surface area contributed by atoms with E-state index in [4.69, 9.17) is 9.94 Å². The van der Waals surface area contributed by atoms with Gasteiger partial charge in [-0.05, 0) is 0 Å². The molecule has 0 bridgehead atoms. The molecule has 0 spiro atoms. The summed E-state index contributed by atoms with van der Waals surface area (Å²) in [5, 5.41) is 11.2. The maximum absolute atomic E-state index is 8.18. The van der Waals surface area contributed by atoms with Gasteiger partial charge in [-0.25, -0.2) is 0 Å². The lowest BCUT2D eigenvalue weighted by molar-refractivity contribution is 0.190. The van der Waals surface area contributed by atoms with Crippen LogP contribution in [-0.4, -0.2) is 17.5 Å². The fourth-order valence-corrected chi connectivity index (χ4v) is 0.549. The van der Waals surface area contributed by atoms with Crippen molar-refractivity contribution >= 4 is 5.71 Å². The zero-order valence-corrected chi connectivity index (χ0v) is 4.42. The summed E-state index contributed by atoms with van der Waals surface area (Å²) in [5.74, 6) is 0. The zero-order chi connectivity index (χ0) is 5.82. The van der Waals surface area contributed by atoms with Gasteiger partial charge < -0.3 is 9.94 Å². The van der Waals surface area contributed by atoms with Crippen LogP contribution in [0.15, 0.2) is 5.16 Å². The lowest BCUT2D eigenvalue weighted by atomic mass is 10.2. The Morgan fingerprint density at radius 1 is 1.75 bits per heavy atom. The first kappa shape index (κ1) is 5.56. The van der Waals surface area contributed by atoms with Crippen molar-refractivity contribution in [2.24, 2.45) is 5.16 Å². The molecule has 0 aliphatic carbocycles. The Labute approximate surface area is 48.0 Å². The van der Waals surface area contributed by atoms with Crippen molar-refractivity contribution in [3.63, 3.8) is 0 Å². The summed E-state index contributed by atoms with van der Waals surface area (Å²) in [6.07, 6.45) is 1.26.